The summed E-state index contributed by atoms with van der Waals surface area (Å²) in [6, 6.07) is 13.5. The largest absolute Gasteiger partial charge is 0.462 e. The Hall–Kier alpha value is -3.36. The smallest absolute Gasteiger partial charge is 0.318 e. The van der Waals surface area contributed by atoms with Crippen LogP contribution < -0.4 is 14.5 Å². The highest BCUT2D eigenvalue weighted by molar-refractivity contribution is 6.36. The zero-order valence-corrected chi connectivity index (χ0v) is 24.4. The van der Waals surface area contributed by atoms with E-state index in [1.54, 1.807) is 0 Å². The molecule has 2 unspecified atom stereocenters. The van der Waals surface area contributed by atoms with Gasteiger partial charge in [0.25, 0.3) is 0 Å². The van der Waals surface area contributed by atoms with Crippen molar-refractivity contribution in [3.05, 3.63) is 65.3 Å². The highest BCUT2D eigenvalue weighted by atomic mass is 35.5. The number of benzene rings is 2. The fourth-order valence-electron chi connectivity index (χ4n) is 7.35. The van der Waals surface area contributed by atoms with Gasteiger partial charge in [0.1, 0.15) is 12.4 Å². The van der Waals surface area contributed by atoms with Gasteiger partial charge in [-0.2, -0.15) is 9.97 Å². The molecular weight excluding hydrogens is 536 g/mol. The number of ether oxygens (including phenoxy) is 1. The van der Waals surface area contributed by atoms with E-state index < -0.39 is 0 Å². The van der Waals surface area contributed by atoms with Gasteiger partial charge in [0, 0.05) is 54.8 Å². The molecule has 214 valence electrons. The SMILES string of the molecule is C=CC(=O)N1CCC2CN(c3nc(OC[C@@H]4CCCN4C)nc4c3CCN(c3cccc5cccc(Cl)c35)C4)CC21. The van der Waals surface area contributed by atoms with E-state index in [2.05, 4.69) is 52.6 Å². The van der Waals surface area contributed by atoms with Crippen LogP contribution in [0.5, 0.6) is 6.01 Å². The molecule has 3 fully saturated rings. The molecule has 0 radical (unpaired) electrons. The van der Waals surface area contributed by atoms with Gasteiger partial charge in [-0.15, -0.1) is 0 Å². The van der Waals surface area contributed by atoms with Crippen LogP contribution in [0.1, 0.15) is 30.5 Å². The summed E-state index contributed by atoms with van der Waals surface area (Å²) < 4.78 is 6.32. The maximum absolute atomic E-state index is 12.5. The predicted octanol–water partition coefficient (Wildman–Crippen LogP) is 4.54. The number of likely N-dealkylation sites (N-methyl/N-ethyl adjacent to an activating group) is 1. The van der Waals surface area contributed by atoms with Crippen molar-refractivity contribution < 1.29 is 9.53 Å². The van der Waals surface area contributed by atoms with Crippen LogP contribution in [0.15, 0.2) is 49.1 Å². The lowest BCUT2D eigenvalue weighted by atomic mass is 10.0. The summed E-state index contributed by atoms with van der Waals surface area (Å²) in [5, 5.41) is 2.98. The van der Waals surface area contributed by atoms with Crippen LogP contribution in [0.2, 0.25) is 5.02 Å². The summed E-state index contributed by atoms with van der Waals surface area (Å²) in [5.41, 5.74) is 3.33. The van der Waals surface area contributed by atoms with E-state index in [1.165, 1.54) is 18.1 Å². The van der Waals surface area contributed by atoms with Crippen molar-refractivity contribution in [3.8, 4) is 6.01 Å². The fourth-order valence-corrected chi connectivity index (χ4v) is 7.62. The molecule has 0 spiro atoms. The summed E-state index contributed by atoms with van der Waals surface area (Å²) in [6.07, 6.45) is 5.61. The molecule has 3 atom stereocenters. The second-order valence-corrected chi connectivity index (χ2v) is 12.3. The van der Waals surface area contributed by atoms with Gasteiger partial charge in [0.2, 0.25) is 5.91 Å². The average molecular weight is 573 g/mol. The topological polar surface area (TPSA) is 65.0 Å². The van der Waals surface area contributed by atoms with Gasteiger partial charge in [0.15, 0.2) is 0 Å². The van der Waals surface area contributed by atoms with Crippen LogP contribution in [0, 0.1) is 5.92 Å². The Morgan fingerprint density at radius 3 is 2.76 bits per heavy atom. The van der Waals surface area contributed by atoms with Crippen LogP contribution in [-0.2, 0) is 17.8 Å². The Labute approximate surface area is 246 Å². The van der Waals surface area contributed by atoms with Gasteiger partial charge in [0.05, 0.1) is 23.3 Å². The van der Waals surface area contributed by atoms with E-state index in [9.17, 15) is 4.79 Å². The van der Waals surface area contributed by atoms with Crippen molar-refractivity contribution in [2.45, 2.75) is 44.3 Å². The third-order valence-corrected chi connectivity index (χ3v) is 9.89. The van der Waals surface area contributed by atoms with Gasteiger partial charge in [-0.3, -0.25) is 4.79 Å². The molecule has 0 N–H and O–H groups in total. The second kappa shape index (κ2) is 10.8. The Bertz CT molecular complexity index is 1490. The minimum Gasteiger partial charge on any atom is -0.462 e. The summed E-state index contributed by atoms with van der Waals surface area (Å²) in [6.45, 7) is 9.40. The summed E-state index contributed by atoms with van der Waals surface area (Å²) in [4.78, 5) is 31.7. The number of carbonyl (C=O) groups is 1. The number of aromatic nitrogens is 2. The number of amides is 1. The molecule has 3 saturated heterocycles. The Kier molecular flexibility index (Phi) is 6.99. The van der Waals surface area contributed by atoms with E-state index in [0.717, 1.165) is 85.0 Å². The van der Waals surface area contributed by atoms with E-state index >= 15 is 0 Å². The Balaban J connectivity index is 1.22. The molecule has 3 aromatic rings. The lowest BCUT2D eigenvalue weighted by molar-refractivity contribution is -0.126. The van der Waals surface area contributed by atoms with E-state index in [1.807, 2.05) is 17.0 Å². The zero-order chi connectivity index (χ0) is 28.1. The summed E-state index contributed by atoms with van der Waals surface area (Å²) in [7, 11) is 2.16. The van der Waals surface area contributed by atoms with Gasteiger partial charge < -0.3 is 24.3 Å². The average Bonchev–Trinajstić information content (AvgIpc) is 3.71. The maximum Gasteiger partial charge on any atom is 0.318 e. The van der Waals surface area contributed by atoms with Crippen molar-refractivity contribution in [1.29, 1.82) is 0 Å². The number of rotatable bonds is 6. The first kappa shape index (κ1) is 26.5. The molecular formula is C32H37ClN6O2. The molecule has 1 amide bonds. The first-order valence-corrected chi connectivity index (χ1v) is 15.2. The highest BCUT2D eigenvalue weighted by Crippen LogP contribution is 2.39. The molecule has 4 aliphatic rings. The minimum absolute atomic E-state index is 0.0261. The van der Waals surface area contributed by atoms with E-state index in [0.29, 0.717) is 31.1 Å². The highest BCUT2D eigenvalue weighted by Gasteiger charge is 2.44. The van der Waals surface area contributed by atoms with Crippen LogP contribution in [0.4, 0.5) is 11.5 Å². The molecule has 0 aliphatic carbocycles. The molecule has 4 aliphatic heterocycles. The number of halogens is 1. The van der Waals surface area contributed by atoms with Gasteiger partial charge in [-0.05, 0) is 62.9 Å². The number of likely N-dealkylation sites (tertiary alicyclic amines) is 2. The third-order valence-electron chi connectivity index (χ3n) is 9.58. The Morgan fingerprint density at radius 1 is 1.10 bits per heavy atom. The molecule has 9 heteroatoms. The fraction of sp³-hybridized carbons (Fsp3) is 0.469. The lowest BCUT2D eigenvalue weighted by Gasteiger charge is -2.34. The molecule has 0 saturated carbocycles. The van der Waals surface area contributed by atoms with Crippen LogP contribution in [0.25, 0.3) is 10.8 Å². The number of anilines is 2. The number of hydrogen-bond acceptors (Lipinski definition) is 7. The maximum atomic E-state index is 12.5. The molecule has 0 bridgehead atoms. The van der Waals surface area contributed by atoms with Crippen LogP contribution in [0.3, 0.4) is 0 Å². The van der Waals surface area contributed by atoms with E-state index in [-0.39, 0.29) is 11.9 Å². The van der Waals surface area contributed by atoms with Gasteiger partial charge in [-0.25, -0.2) is 0 Å². The van der Waals surface area contributed by atoms with E-state index in [4.69, 9.17) is 26.3 Å². The molecule has 5 heterocycles. The van der Waals surface area contributed by atoms with Crippen molar-refractivity contribution in [2.24, 2.45) is 5.92 Å². The molecule has 8 nitrogen and oxygen atoms in total. The number of hydrogen-bond donors (Lipinski definition) is 0. The third kappa shape index (κ3) is 4.81. The molecule has 1 aromatic heterocycles. The Morgan fingerprint density at radius 2 is 1.95 bits per heavy atom. The van der Waals surface area contributed by atoms with Crippen LogP contribution in [-0.4, -0.2) is 84.1 Å². The quantitative estimate of drug-likeness (QED) is 0.402. The molecule has 2 aromatic carbocycles. The van der Waals surface area contributed by atoms with Crippen molar-refractivity contribution >= 4 is 39.8 Å². The number of nitrogens with zero attached hydrogens (tertiary/aromatic N) is 6. The summed E-state index contributed by atoms with van der Waals surface area (Å²) >= 11 is 6.71. The van der Waals surface area contributed by atoms with Gasteiger partial charge in [-0.1, -0.05) is 42.4 Å². The first-order chi connectivity index (χ1) is 20.0. The van der Waals surface area contributed by atoms with Crippen LogP contribution >= 0.6 is 11.6 Å². The zero-order valence-electron chi connectivity index (χ0n) is 23.6. The van der Waals surface area contributed by atoms with Crippen molar-refractivity contribution in [2.75, 3.05) is 56.2 Å². The number of carbonyl (C=O) groups excluding carboxylic acids is 1. The second-order valence-electron chi connectivity index (χ2n) is 11.9. The van der Waals surface area contributed by atoms with Crippen molar-refractivity contribution in [1.82, 2.24) is 19.8 Å². The van der Waals surface area contributed by atoms with Gasteiger partial charge >= 0.3 is 6.01 Å². The predicted molar refractivity (Wildman–Crippen MR) is 163 cm³/mol. The first-order valence-electron chi connectivity index (χ1n) is 14.8. The normalized spacial score (nSPS) is 24.1. The standard InChI is InChI=1S/C32H37ClN6O2/c1-3-29(40)39-16-12-22-17-38(19-28(22)39)31-24-13-15-37(27-11-5-8-21-7-4-10-25(33)30(21)27)18-26(24)34-32(35-31)41-20-23-9-6-14-36(23)2/h3-5,7-8,10-11,22-23,28H,1,6,9,12-20H2,2H3/t22?,23-,28?/m0/s1. The molecule has 7 rings (SSSR count). The van der Waals surface area contributed by atoms with Crippen molar-refractivity contribution in [3.63, 3.8) is 0 Å². The summed E-state index contributed by atoms with van der Waals surface area (Å²) in [5.74, 6) is 1.44. The number of fused-ring (bicyclic) bond motifs is 3. The minimum atomic E-state index is 0.0261. The molecule has 41 heavy (non-hydrogen) atoms. The monoisotopic (exact) mass is 572 g/mol. The lowest BCUT2D eigenvalue weighted by Crippen LogP contribution is -2.39.